The van der Waals surface area contributed by atoms with Gasteiger partial charge in [0.25, 0.3) is 5.91 Å². The van der Waals surface area contributed by atoms with E-state index in [0.717, 1.165) is 45.1 Å². The molecule has 1 amide bonds. The molecule has 3 atom stereocenters. The molecule has 5 heteroatoms. The van der Waals surface area contributed by atoms with E-state index in [9.17, 15) is 9.90 Å². The van der Waals surface area contributed by atoms with Crippen molar-refractivity contribution in [2.75, 3.05) is 6.54 Å². The number of furan rings is 1. The maximum absolute atomic E-state index is 12.5. The second-order valence-electron chi connectivity index (χ2n) is 5.83. The first kappa shape index (κ1) is 14.1. The van der Waals surface area contributed by atoms with Crippen LogP contribution in [0.25, 0.3) is 0 Å². The topological polar surface area (TPSA) is 53.7 Å². The minimum absolute atomic E-state index is 0.0454. The molecule has 0 spiro atoms. The third kappa shape index (κ3) is 2.66. The van der Waals surface area contributed by atoms with Crippen LogP contribution in [0.2, 0.25) is 0 Å². The predicted molar refractivity (Wildman–Crippen MR) is 78.4 cm³/mol. The molecule has 20 heavy (non-hydrogen) atoms. The Morgan fingerprint density at radius 2 is 2.05 bits per heavy atom. The van der Waals surface area contributed by atoms with Gasteiger partial charge in [-0.1, -0.05) is 12.8 Å². The van der Waals surface area contributed by atoms with E-state index in [4.69, 9.17) is 4.42 Å². The number of rotatable bonds is 2. The third-order valence-corrected chi connectivity index (χ3v) is 5.05. The number of nitrogens with zero attached hydrogens (tertiary/aromatic N) is 1. The molecule has 1 N–H and O–H groups in total. The molecule has 4 nitrogen and oxygen atoms in total. The van der Waals surface area contributed by atoms with Crippen molar-refractivity contribution < 1.29 is 14.3 Å². The SMILES string of the molecule is O=C(c1ccc(Br)o1)N1CCC[C@@H]1[C@H]1CCCC[C@@H]1O. The van der Waals surface area contributed by atoms with Crippen LogP contribution < -0.4 is 0 Å². The summed E-state index contributed by atoms with van der Waals surface area (Å²) in [6.07, 6.45) is 5.91. The number of likely N-dealkylation sites (tertiary alicyclic amines) is 1. The molecule has 1 saturated carbocycles. The summed E-state index contributed by atoms with van der Waals surface area (Å²) in [6, 6.07) is 3.62. The van der Waals surface area contributed by atoms with Gasteiger partial charge in [0.05, 0.1) is 6.10 Å². The highest BCUT2D eigenvalue weighted by molar-refractivity contribution is 9.10. The standard InChI is InChI=1S/C15H20BrNO3/c16-14-8-7-13(20-14)15(19)17-9-3-5-11(17)10-4-1-2-6-12(10)18/h7-8,10-12,18H,1-6,9H2/t10-,11-,12+/m1/s1. The van der Waals surface area contributed by atoms with E-state index in [0.29, 0.717) is 10.4 Å². The number of hydrogen-bond donors (Lipinski definition) is 1. The average Bonchev–Trinajstić information content (AvgIpc) is 3.07. The molecule has 2 fully saturated rings. The Kier molecular flexibility index (Phi) is 4.17. The Morgan fingerprint density at radius 1 is 1.25 bits per heavy atom. The number of amides is 1. The molecule has 0 aromatic carbocycles. The van der Waals surface area contributed by atoms with Crippen molar-refractivity contribution in [3.8, 4) is 0 Å². The highest BCUT2D eigenvalue weighted by Crippen LogP contribution is 2.35. The summed E-state index contributed by atoms with van der Waals surface area (Å²) in [7, 11) is 0. The molecule has 1 aromatic heterocycles. The Balaban J connectivity index is 1.76. The largest absolute Gasteiger partial charge is 0.444 e. The summed E-state index contributed by atoms with van der Waals surface area (Å²) < 4.78 is 5.96. The van der Waals surface area contributed by atoms with Crippen LogP contribution in [0.3, 0.4) is 0 Å². The third-order valence-electron chi connectivity index (χ3n) is 4.62. The molecule has 1 aliphatic carbocycles. The van der Waals surface area contributed by atoms with E-state index < -0.39 is 0 Å². The number of carbonyl (C=O) groups is 1. The van der Waals surface area contributed by atoms with Crippen LogP contribution in [0.15, 0.2) is 21.2 Å². The molecule has 1 aliphatic heterocycles. The zero-order valence-electron chi connectivity index (χ0n) is 11.4. The fraction of sp³-hybridized carbons (Fsp3) is 0.667. The van der Waals surface area contributed by atoms with E-state index >= 15 is 0 Å². The van der Waals surface area contributed by atoms with Gasteiger partial charge in [-0.3, -0.25) is 4.79 Å². The fourth-order valence-corrected chi connectivity index (χ4v) is 3.96. The van der Waals surface area contributed by atoms with Gasteiger partial charge in [-0.15, -0.1) is 0 Å². The smallest absolute Gasteiger partial charge is 0.289 e. The first-order valence-electron chi connectivity index (χ1n) is 7.41. The zero-order chi connectivity index (χ0) is 14.1. The van der Waals surface area contributed by atoms with Crippen LogP contribution in [0.5, 0.6) is 0 Å². The van der Waals surface area contributed by atoms with Crippen LogP contribution >= 0.6 is 15.9 Å². The molecule has 2 aliphatic rings. The van der Waals surface area contributed by atoms with Crippen LogP contribution in [0.4, 0.5) is 0 Å². The van der Waals surface area contributed by atoms with Gasteiger partial charge in [0.1, 0.15) is 0 Å². The lowest BCUT2D eigenvalue weighted by Gasteiger charge is -2.36. The number of halogens is 1. The minimum Gasteiger partial charge on any atom is -0.444 e. The quantitative estimate of drug-likeness (QED) is 0.898. The van der Waals surface area contributed by atoms with E-state index in [-0.39, 0.29) is 24.0 Å². The van der Waals surface area contributed by atoms with Crippen LogP contribution in [0.1, 0.15) is 49.1 Å². The second-order valence-corrected chi connectivity index (χ2v) is 6.61. The monoisotopic (exact) mass is 341 g/mol. The first-order valence-corrected chi connectivity index (χ1v) is 8.20. The highest BCUT2D eigenvalue weighted by Gasteiger charge is 2.39. The van der Waals surface area contributed by atoms with Crippen molar-refractivity contribution in [1.82, 2.24) is 4.90 Å². The van der Waals surface area contributed by atoms with Crippen molar-refractivity contribution in [3.63, 3.8) is 0 Å². The van der Waals surface area contributed by atoms with Crippen molar-refractivity contribution in [1.29, 1.82) is 0 Å². The number of aliphatic hydroxyl groups excluding tert-OH is 1. The lowest BCUT2D eigenvalue weighted by Crippen LogP contribution is -2.45. The van der Waals surface area contributed by atoms with E-state index in [1.54, 1.807) is 12.1 Å². The predicted octanol–water partition coefficient (Wildman–Crippen LogP) is 3.20. The van der Waals surface area contributed by atoms with Crippen molar-refractivity contribution in [2.24, 2.45) is 5.92 Å². The Labute approximate surface area is 127 Å². The van der Waals surface area contributed by atoms with Crippen molar-refractivity contribution in [2.45, 2.75) is 50.7 Å². The molecule has 0 radical (unpaired) electrons. The van der Waals surface area contributed by atoms with Gasteiger partial charge in [-0.2, -0.15) is 0 Å². The molecule has 0 bridgehead atoms. The minimum atomic E-state index is -0.259. The number of aliphatic hydroxyl groups is 1. The van der Waals surface area contributed by atoms with Gasteiger partial charge < -0.3 is 14.4 Å². The van der Waals surface area contributed by atoms with Gasteiger partial charge in [-0.25, -0.2) is 0 Å². The van der Waals surface area contributed by atoms with Crippen LogP contribution in [-0.4, -0.2) is 34.6 Å². The average molecular weight is 342 g/mol. The summed E-state index contributed by atoms with van der Waals surface area (Å²) in [5.74, 6) is 0.568. The summed E-state index contributed by atoms with van der Waals surface area (Å²) in [4.78, 5) is 14.5. The Bertz CT molecular complexity index is 487. The summed E-state index contributed by atoms with van der Waals surface area (Å²) >= 11 is 3.23. The lowest BCUT2D eigenvalue weighted by atomic mass is 9.80. The normalized spacial score (nSPS) is 30.7. The molecule has 1 saturated heterocycles. The van der Waals surface area contributed by atoms with Crippen LogP contribution in [0, 0.1) is 5.92 Å². The maximum Gasteiger partial charge on any atom is 0.289 e. The molecular formula is C15H20BrNO3. The maximum atomic E-state index is 12.5. The summed E-state index contributed by atoms with van der Waals surface area (Å²) in [5, 5.41) is 10.2. The molecule has 3 rings (SSSR count). The second kappa shape index (κ2) is 5.90. The Morgan fingerprint density at radius 3 is 2.75 bits per heavy atom. The molecule has 1 aromatic rings. The van der Waals surface area contributed by atoms with E-state index in [1.165, 1.54) is 0 Å². The van der Waals surface area contributed by atoms with Crippen LogP contribution in [-0.2, 0) is 0 Å². The Hall–Kier alpha value is -0.810. The van der Waals surface area contributed by atoms with Gasteiger partial charge in [0.2, 0.25) is 0 Å². The molecule has 2 heterocycles. The molecular weight excluding hydrogens is 322 g/mol. The molecule has 110 valence electrons. The van der Waals surface area contributed by atoms with Gasteiger partial charge in [-0.05, 0) is 53.7 Å². The first-order chi connectivity index (χ1) is 9.66. The van der Waals surface area contributed by atoms with Gasteiger partial charge in [0, 0.05) is 18.5 Å². The lowest BCUT2D eigenvalue weighted by molar-refractivity contribution is 0.0199. The van der Waals surface area contributed by atoms with E-state index in [2.05, 4.69) is 15.9 Å². The van der Waals surface area contributed by atoms with Gasteiger partial charge in [0.15, 0.2) is 10.4 Å². The van der Waals surface area contributed by atoms with Crippen molar-refractivity contribution in [3.05, 3.63) is 22.6 Å². The van der Waals surface area contributed by atoms with E-state index in [1.807, 2.05) is 4.90 Å². The fourth-order valence-electron chi connectivity index (χ4n) is 3.65. The molecule has 0 unspecified atom stereocenters. The number of hydrogen-bond acceptors (Lipinski definition) is 3. The highest BCUT2D eigenvalue weighted by atomic mass is 79.9. The number of carbonyl (C=O) groups excluding carboxylic acids is 1. The summed E-state index contributed by atoms with van der Waals surface area (Å²) in [5.41, 5.74) is 0. The zero-order valence-corrected chi connectivity index (χ0v) is 13.0. The van der Waals surface area contributed by atoms with Gasteiger partial charge >= 0.3 is 0 Å². The summed E-state index contributed by atoms with van der Waals surface area (Å²) in [6.45, 7) is 0.769. The van der Waals surface area contributed by atoms with Crippen molar-refractivity contribution >= 4 is 21.8 Å².